The van der Waals surface area contributed by atoms with E-state index in [2.05, 4.69) is 15.4 Å². The number of hydrogen-bond donors (Lipinski definition) is 1. The third-order valence-electron chi connectivity index (χ3n) is 4.39. The molecule has 0 radical (unpaired) electrons. The highest BCUT2D eigenvalue weighted by molar-refractivity contribution is 7.18. The van der Waals surface area contributed by atoms with Crippen LogP contribution >= 0.6 is 22.9 Å². The number of methoxy groups -OCH3 is 1. The number of rotatable bonds is 5. The molecule has 3 rings (SSSR count). The van der Waals surface area contributed by atoms with Crippen molar-refractivity contribution in [1.82, 2.24) is 14.6 Å². The highest BCUT2D eigenvalue weighted by Gasteiger charge is 2.36. The lowest BCUT2D eigenvalue weighted by Gasteiger charge is -2.09. The van der Waals surface area contributed by atoms with E-state index in [0.29, 0.717) is 4.52 Å². The molecule has 0 fully saturated rings. The predicted octanol–water partition coefficient (Wildman–Crippen LogP) is 4.30. The predicted molar refractivity (Wildman–Crippen MR) is 112 cm³/mol. The second-order valence-corrected chi connectivity index (χ2v) is 8.00. The Hall–Kier alpha value is -3.19. The average Bonchev–Trinajstić information content (AvgIpc) is 3.23. The third-order valence-corrected chi connectivity index (χ3v) is 5.93. The molecule has 176 valence electrons. The Morgan fingerprint density at radius 2 is 1.91 bits per heavy atom. The van der Waals surface area contributed by atoms with Crippen molar-refractivity contribution in [2.24, 2.45) is 0 Å². The Morgan fingerprint density at radius 1 is 1.24 bits per heavy atom. The molecule has 0 aliphatic carbocycles. The maximum absolute atomic E-state index is 13.4. The van der Waals surface area contributed by atoms with Gasteiger partial charge in [-0.2, -0.15) is 18.3 Å². The molecule has 1 N–H and O–H groups in total. The highest BCUT2D eigenvalue weighted by Crippen LogP contribution is 2.36. The van der Waals surface area contributed by atoms with Crippen LogP contribution in [0.25, 0.3) is 5.65 Å². The lowest BCUT2D eigenvalue weighted by atomic mass is 10.1. The summed E-state index contributed by atoms with van der Waals surface area (Å²) in [6.45, 7) is 4.48. The van der Waals surface area contributed by atoms with Crippen LogP contribution < -0.4 is 5.32 Å². The molecule has 0 aromatic carbocycles. The number of ether oxygens (including phenoxy) is 2. The first-order valence-electron chi connectivity index (χ1n) is 9.23. The summed E-state index contributed by atoms with van der Waals surface area (Å²) in [4.78, 5) is 41.3. The molecule has 9 nitrogen and oxygen atoms in total. The molecule has 0 spiro atoms. The molecule has 0 atom stereocenters. The summed E-state index contributed by atoms with van der Waals surface area (Å²) < 4.78 is 50.4. The first-order valence-corrected chi connectivity index (χ1v) is 10.4. The van der Waals surface area contributed by atoms with Crippen molar-refractivity contribution >= 4 is 51.4 Å². The SMILES string of the molecule is CCOC(=O)c1sc(NC(=O)c2nn3c(C(F)(F)F)cc(C)nc3c2Cl)c(C(=O)OC)c1C. The molecule has 0 aliphatic heterocycles. The van der Waals surface area contributed by atoms with Gasteiger partial charge in [-0.25, -0.2) is 19.1 Å². The smallest absolute Gasteiger partial charge is 0.433 e. The molecule has 0 saturated heterocycles. The van der Waals surface area contributed by atoms with Gasteiger partial charge in [0.1, 0.15) is 20.6 Å². The number of thiophene rings is 1. The first kappa shape index (κ1) is 24.5. The van der Waals surface area contributed by atoms with E-state index in [1.165, 1.54) is 13.8 Å². The zero-order valence-corrected chi connectivity index (χ0v) is 19.2. The van der Waals surface area contributed by atoms with E-state index in [1.807, 2.05) is 0 Å². The van der Waals surface area contributed by atoms with E-state index in [9.17, 15) is 27.6 Å². The van der Waals surface area contributed by atoms with Gasteiger partial charge in [-0.3, -0.25) is 4.79 Å². The fourth-order valence-corrected chi connectivity index (χ4v) is 4.29. The summed E-state index contributed by atoms with van der Waals surface area (Å²) in [5, 5.41) is 5.57. The van der Waals surface area contributed by atoms with Gasteiger partial charge >= 0.3 is 18.1 Å². The van der Waals surface area contributed by atoms with Crippen LogP contribution in [0.1, 0.15) is 54.4 Å². The van der Waals surface area contributed by atoms with E-state index < -0.39 is 40.4 Å². The summed E-state index contributed by atoms with van der Waals surface area (Å²) in [7, 11) is 1.11. The molecule has 3 heterocycles. The molecule has 0 saturated carbocycles. The summed E-state index contributed by atoms with van der Waals surface area (Å²) in [5.74, 6) is -2.57. The number of nitrogens with one attached hydrogen (secondary N) is 1. The number of fused-ring (bicyclic) bond motifs is 1. The van der Waals surface area contributed by atoms with Crippen molar-refractivity contribution in [3.8, 4) is 0 Å². The molecule has 0 unspecified atom stereocenters. The Balaban J connectivity index is 2.09. The number of esters is 2. The zero-order valence-electron chi connectivity index (χ0n) is 17.6. The fraction of sp³-hybridized carbons (Fsp3) is 0.316. The topological polar surface area (TPSA) is 112 Å². The lowest BCUT2D eigenvalue weighted by Crippen LogP contribution is -2.16. The van der Waals surface area contributed by atoms with Gasteiger partial charge in [0.2, 0.25) is 0 Å². The number of alkyl halides is 3. The van der Waals surface area contributed by atoms with Gasteiger partial charge in [-0.1, -0.05) is 11.6 Å². The van der Waals surface area contributed by atoms with Crippen LogP contribution in [0.3, 0.4) is 0 Å². The number of aryl methyl sites for hydroxylation is 1. The summed E-state index contributed by atoms with van der Waals surface area (Å²) >= 11 is 6.88. The molecular weight excluding hydrogens is 489 g/mol. The van der Waals surface area contributed by atoms with Crippen LogP contribution in [0.4, 0.5) is 18.2 Å². The van der Waals surface area contributed by atoms with Gasteiger partial charge in [0.25, 0.3) is 5.91 Å². The summed E-state index contributed by atoms with van der Waals surface area (Å²) in [5.41, 5.74) is -1.97. The van der Waals surface area contributed by atoms with Gasteiger partial charge in [0.15, 0.2) is 11.3 Å². The van der Waals surface area contributed by atoms with E-state index >= 15 is 0 Å². The Kier molecular flexibility index (Phi) is 6.65. The molecule has 14 heteroatoms. The van der Waals surface area contributed by atoms with Crippen LogP contribution in [0.15, 0.2) is 6.07 Å². The van der Waals surface area contributed by atoms with Crippen molar-refractivity contribution in [1.29, 1.82) is 0 Å². The van der Waals surface area contributed by atoms with E-state index in [0.717, 1.165) is 24.5 Å². The summed E-state index contributed by atoms with van der Waals surface area (Å²) in [6.07, 6.45) is -4.79. The molecule has 3 aromatic rings. The van der Waals surface area contributed by atoms with Gasteiger partial charge < -0.3 is 14.8 Å². The number of hydrogen-bond acceptors (Lipinski definition) is 8. The minimum absolute atomic E-state index is 0.0181. The van der Waals surface area contributed by atoms with Crippen LogP contribution in [0.2, 0.25) is 5.02 Å². The van der Waals surface area contributed by atoms with Crippen molar-refractivity contribution < 1.29 is 37.0 Å². The second-order valence-electron chi connectivity index (χ2n) is 6.61. The summed E-state index contributed by atoms with van der Waals surface area (Å²) in [6, 6.07) is 0.765. The van der Waals surface area contributed by atoms with Crippen molar-refractivity contribution in [3.05, 3.63) is 44.2 Å². The highest BCUT2D eigenvalue weighted by atomic mass is 35.5. The fourth-order valence-electron chi connectivity index (χ4n) is 2.96. The number of carbonyl (C=O) groups excluding carboxylic acids is 3. The van der Waals surface area contributed by atoms with Crippen LogP contribution in [-0.2, 0) is 15.7 Å². The molecule has 33 heavy (non-hydrogen) atoms. The van der Waals surface area contributed by atoms with Crippen LogP contribution in [0, 0.1) is 13.8 Å². The van der Waals surface area contributed by atoms with Crippen molar-refractivity contribution in [3.63, 3.8) is 0 Å². The quantitative estimate of drug-likeness (QED) is 0.516. The number of carbonyl (C=O) groups is 3. The standard InChI is InChI=1S/C19H16ClF3N4O5S/c1-5-32-18(30)13-8(3)10(17(29)31-4)16(33-13)25-15(28)12-11(20)14-24-7(2)6-9(19(21,22)23)27(14)26-12/h6H,5H2,1-4H3,(H,25,28). The molecule has 3 aromatic heterocycles. The number of amides is 1. The second kappa shape index (κ2) is 8.98. The monoisotopic (exact) mass is 504 g/mol. The maximum atomic E-state index is 13.4. The van der Waals surface area contributed by atoms with Crippen molar-refractivity contribution in [2.45, 2.75) is 26.9 Å². The molecule has 0 bridgehead atoms. The third kappa shape index (κ3) is 4.50. The lowest BCUT2D eigenvalue weighted by molar-refractivity contribution is -0.142. The molecule has 0 aliphatic rings. The minimum Gasteiger partial charge on any atom is -0.465 e. The van der Waals surface area contributed by atoms with Gasteiger partial charge in [-0.05, 0) is 32.4 Å². The Labute approximate surface area is 193 Å². The number of nitrogens with zero attached hydrogens (tertiary/aromatic N) is 3. The molecular formula is C19H16ClF3N4O5S. The van der Waals surface area contributed by atoms with Crippen molar-refractivity contribution in [2.75, 3.05) is 19.0 Å². The van der Waals surface area contributed by atoms with Crippen LogP contribution in [-0.4, -0.2) is 46.2 Å². The van der Waals surface area contributed by atoms with Gasteiger partial charge in [-0.15, -0.1) is 11.3 Å². The van der Waals surface area contributed by atoms with E-state index in [1.54, 1.807) is 6.92 Å². The van der Waals surface area contributed by atoms with Gasteiger partial charge in [0, 0.05) is 5.69 Å². The number of anilines is 1. The number of halogens is 4. The Morgan fingerprint density at radius 3 is 2.48 bits per heavy atom. The van der Waals surface area contributed by atoms with Gasteiger partial charge in [0.05, 0.1) is 19.3 Å². The van der Waals surface area contributed by atoms with Crippen LogP contribution in [0.5, 0.6) is 0 Å². The minimum atomic E-state index is -4.79. The largest absolute Gasteiger partial charge is 0.465 e. The molecule has 1 amide bonds. The normalized spacial score (nSPS) is 11.5. The zero-order chi connectivity index (χ0) is 24.7. The average molecular weight is 505 g/mol. The maximum Gasteiger partial charge on any atom is 0.433 e. The number of aromatic nitrogens is 3. The van der Waals surface area contributed by atoms with E-state index in [-0.39, 0.29) is 39.0 Å². The Bertz CT molecular complexity index is 1280. The first-order chi connectivity index (χ1) is 15.4. The van der Waals surface area contributed by atoms with E-state index in [4.69, 9.17) is 21.1 Å².